The fourth-order valence-electron chi connectivity index (χ4n) is 4.37. The maximum absolute atomic E-state index is 4.74. The molecule has 3 saturated heterocycles. The number of rotatable bonds is 1. The van der Waals surface area contributed by atoms with E-state index in [4.69, 9.17) is 4.99 Å². The molecule has 0 amide bonds. The van der Waals surface area contributed by atoms with Crippen molar-refractivity contribution in [3.63, 3.8) is 0 Å². The van der Waals surface area contributed by atoms with Gasteiger partial charge < -0.3 is 15.5 Å². The van der Waals surface area contributed by atoms with E-state index in [0.717, 1.165) is 42.0 Å². The molecule has 120 valence electrons. The van der Waals surface area contributed by atoms with Gasteiger partial charge in [-0.3, -0.25) is 4.99 Å². The molecule has 2 aromatic rings. The Morgan fingerprint density at radius 2 is 2.17 bits per heavy atom. The number of nitrogens with zero attached hydrogens (tertiary/aromatic N) is 5. The van der Waals surface area contributed by atoms with E-state index in [1.54, 1.807) is 6.33 Å². The summed E-state index contributed by atoms with van der Waals surface area (Å²) in [6.07, 6.45) is 4.15. The van der Waals surface area contributed by atoms with Crippen LogP contribution in [0.25, 0.3) is 5.52 Å². The van der Waals surface area contributed by atoms with Gasteiger partial charge in [0.1, 0.15) is 11.8 Å². The minimum absolute atomic E-state index is 0.125. The van der Waals surface area contributed by atoms with Gasteiger partial charge >= 0.3 is 0 Å². The second-order valence-corrected chi connectivity index (χ2v) is 7.00. The summed E-state index contributed by atoms with van der Waals surface area (Å²) in [5.74, 6) is 2.38. The summed E-state index contributed by atoms with van der Waals surface area (Å²) in [5, 5.41) is 11.4. The summed E-state index contributed by atoms with van der Waals surface area (Å²) in [7, 11) is 0. The third kappa shape index (κ3) is 1.96. The quantitative estimate of drug-likeness (QED) is 0.818. The molecule has 4 aliphatic heterocycles. The Balaban J connectivity index is 1.39. The number of hydrogen-bond donors (Lipinski definition) is 2. The van der Waals surface area contributed by atoms with Crippen LogP contribution in [-0.2, 0) is 0 Å². The van der Waals surface area contributed by atoms with Gasteiger partial charge in [-0.1, -0.05) is 0 Å². The monoisotopic (exact) mass is 311 g/mol. The Hall–Kier alpha value is -2.15. The minimum Gasteiger partial charge on any atom is -0.347 e. The molecule has 4 aliphatic rings. The van der Waals surface area contributed by atoms with Crippen LogP contribution in [0.5, 0.6) is 0 Å². The molecule has 0 aliphatic carbocycles. The van der Waals surface area contributed by atoms with Crippen LogP contribution in [0, 0.1) is 12.8 Å². The highest BCUT2D eigenvalue weighted by Gasteiger charge is 2.49. The summed E-state index contributed by atoms with van der Waals surface area (Å²) < 4.78 is 1.90. The van der Waals surface area contributed by atoms with Crippen molar-refractivity contribution in [1.82, 2.24) is 24.8 Å². The predicted octanol–water partition coefficient (Wildman–Crippen LogP) is 0.873. The van der Waals surface area contributed by atoms with Crippen LogP contribution in [0.1, 0.15) is 18.5 Å². The molecule has 1 atom stereocenters. The van der Waals surface area contributed by atoms with Gasteiger partial charge in [0, 0.05) is 12.2 Å². The molecular weight excluding hydrogens is 290 g/mol. The van der Waals surface area contributed by atoms with Gasteiger partial charge in [-0.15, -0.1) is 0 Å². The number of piperidine rings is 3. The molecule has 2 N–H and O–H groups in total. The number of anilines is 1. The van der Waals surface area contributed by atoms with Crippen molar-refractivity contribution in [3.8, 4) is 0 Å². The Bertz CT molecular complexity index is 787. The smallest absolute Gasteiger partial charge is 0.197 e. The summed E-state index contributed by atoms with van der Waals surface area (Å²) in [4.78, 5) is 11.7. The Kier molecular flexibility index (Phi) is 2.70. The molecule has 1 unspecified atom stereocenters. The molecule has 0 saturated carbocycles. The highest BCUT2D eigenvalue weighted by Crippen LogP contribution is 2.37. The number of aliphatic imine (C=N–C) groups is 1. The lowest BCUT2D eigenvalue weighted by Crippen LogP contribution is -2.66. The van der Waals surface area contributed by atoms with Gasteiger partial charge in [0.15, 0.2) is 11.8 Å². The van der Waals surface area contributed by atoms with E-state index >= 15 is 0 Å². The molecule has 3 fully saturated rings. The van der Waals surface area contributed by atoms with Gasteiger partial charge in [-0.05, 0) is 50.9 Å². The van der Waals surface area contributed by atoms with E-state index in [9.17, 15) is 0 Å². The van der Waals surface area contributed by atoms with Crippen LogP contribution in [0.2, 0.25) is 0 Å². The van der Waals surface area contributed by atoms with Crippen molar-refractivity contribution in [3.05, 3.63) is 24.2 Å². The van der Waals surface area contributed by atoms with Crippen LogP contribution >= 0.6 is 0 Å². The van der Waals surface area contributed by atoms with Crippen molar-refractivity contribution in [1.29, 1.82) is 0 Å². The van der Waals surface area contributed by atoms with Gasteiger partial charge in [-0.2, -0.15) is 5.10 Å². The van der Waals surface area contributed by atoms with Gasteiger partial charge in [-0.25, -0.2) is 9.50 Å². The minimum atomic E-state index is 0.125. The summed E-state index contributed by atoms with van der Waals surface area (Å²) in [6, 6.07) is 4.09. The zero-order chi connectivity index (χ0) is 15.4. The van der Waals surface area contributed by atoms with E-state index in [2.05, 4.69) is 25.6 Å². The predicted molar refractivity (Wildman–Crippen MR) is 88.7 cm³/mol. The van der Waals surface area contributed by atoms with Crippen LogP contribution in [-0.4, -0.2) is 57.2 Å². The molecule has 2 bridgehead atoms. The van der Waals surface area contributed by atoms with Gasteiger partial charge in [0.05, 0.1) is 12.1 Å². The van der Waals surface area contributed by atoms with Crippen LogP contribution in [0.15, 0.2) is 23.5 Å². The number of guanidine groups is 1. The van der Waals surface area contributed by atoms with E-state index in [-0.39, 0.29) is 5.54 Å². The number of fused-ring (bicyclic) bond motifs is 3. The summed E-state index contributed by atoms with van der Waals surface area (Å²) in [6.45, 7) is 6.49. The number of nitrogens with one attached hydrogen (secondary N) is 2. The van der Waals surface area contributed by atoms with E-state index in [1.165, 1.54) is 25.9 Å². The molecule has 23 heavy (non-hydrogen) atoms. The fourth-order valence-corrected chi connectivity index (χ4v) is 4.37. The lowest BCUT2D eigenvalue weighted by molar-refractivity contribution is 0.0270. The van der Waals surface area contributed by atoms with Gasteiger partial charge in [0.25, 0.3) is 0 Å². The molecule has 0 radical (unpaired) electrons. The van der Waals surface area contributed by atoms with Crippen molar-refractivity contribution in [2.24, 2.45) is 10.9 Å². The standard InChI is InChI=1S/C16H21N7/c1-11-2-3-13-14(18-10-19-23(11)13)20-15-17-8-16(21-15)9-22-6-4-12(16)5-7-22/h2-3,10,12H,4-9H2,1H3,(H2,17,18,19,20,21). The average Bonchev–Trinajstić information content (AvgIpc) is 3.14. The normalized spacial score (nSPS) is 32.3. The first-order valence-electron chi connectivity index (χ1n) is 8.35. The molecular formula is C16H21N7. The molecule has 7 heteroatoms. The SMILES string of the molecule is Cc1ccc2c(NC3=NCC4(CN5CCC4CC5)N3)ncnn12. The number of hydrogen-bond acceptors (Lipinski definition) is 6. The van der Waals surface area contributed by atoms with Gasteiger partial charge in [0.2, 0.25) is 0 Å². The molecule has 6 heterocycles. The second-order valence-electron chi connectivity index (χ2n) is 7.00. The maximum atomic E-state index is 4.74. The number of aryl methyl sites for hydroxylation is 1. The van der Waals surface area contributed by atoms with Crippen molar-refractivity contribution in [2.45, 2.75) is 25.3 Å². The largest absolute Gasteiger partial charge is 0.347 e. The van der Waals surface area contributed by atoms with Crippen LogP contribution in [0.3, 0.4) is 0 Å². The average molecular weight is 311 g/mol. The Labute approximate surface area is 134 Å². The highest BCUT2D eigenvalue weighted by atomic mass is 15.3. The van der Waals surface area contributed by atoms with E-state index in [1.807, 2.05) is 23.6 Å². The van der Waals surface area contributed by atoms with Crippen molar-refractivity contribution in [2.75, 3.05) is 31.5 Å². The highest BCUT2D eigenvalue weighted by molar-refractivity contribution is 5.97. The lowest BCUT2D eigenvalue weighted by Gasteiger charge is -2.51. The molecule has 6 rings (SSSR count). The van der Waals surface area contributed by atoms with Crippen molar-refractivity contribution < 1.29 is 0 Å². The van der Waals surface area contributed by atoms with Crippen molar-refractivity contribution >= 4 is 17.3 Å². The van der Waals surface area contributed by atoms with Crippen LogP contribution in [0.4, 0.5) is 5.82 Å². The number of aromatic nitrogens is 3. The first-order valence-corrected chi connectivity index (χ1v) is 8.35. The van der Waals surface area contributed by atoms with Crippen LogP contribution < -0.4 is 10.6 Å². The zero-order valence-corrected chi connectivity index (χ0v) is 13.3. The molecule has 7 nitrogen and oxygen atoms in total. The first kappa shape index (κ1) is 13.3. The van der Waals surface area contributed by atoms with E-state index in [0.29, 0.717) is 0 Å². The summed E-state index contributed by atoms with van der Waals surface area (Å²) in [5.41, 5.74) is 2.20. The van der Waals surface area contributed by atoms with E-state index < -0.39 is 0 Å². The molecule has 0 aromatic carbocycles. The molecule has 2 aromatic heterocycles. The Morgan fingerprint density at radius 1 is 1.30 bits per heavy atom. The Morgan fingerprint density at radius 3 is 2.96 bits per heavy atom. The lowest BCUT2D eigenvalue weighted by atomic mass is 9.73. The topological polar surface area (TPSA) is 69.8 Å². The third-order valence-electron chi connectivity index (χ3n) is 5.64. The fraction of sp³-hybridized carbons (Fsp3) is 0.562. The maximum Gasteiger partial charge on any atom is 0.197 e. The third-order valence-corrected chi connectivity index (χ3v) is 5.64. The second kappa shape index (κ2) is 4.67. The first-order chi connectivity index (χ1) is 11.2. The summed E-state index contributed by atoms with van der Waals surface area (Å²) >= 11 is 0. The molecule has 1 spiro atoms. The zero-order valence-electron chi connectivity index (χ0n) is 13.3.